The number of aryl methyl sites for hydroxylation is 1. The zero-order chi connectivity index (χ0) is 82.2. The minimum atomic E-state index is -0.732. The number of H-pyrrole nitrogens is 5. The lowest BCUT2D eigenvalue weighted by atomic mass is 10.1. The van der Waals surface area contributed by atoms with Crippen LogP contribution >= 0.6 is 56.7 Å². The highest BCUT2D eigenvalue weighted by Crippen LogP contribution is 2.33. The van der Waals surface area contributed by atoms with Crippen molar-refractivity contribution in [2.24, 2.45) is 0 Å². The summed E-state index contributed by atoms with van der Waals surface area (Å²) >= 11 is 6.12. The van der Waals surface area contributed by atoms with Gasteiger partial charge in [0.05, 0.1) is 54.8 Å². The first-order chi connectivity index (χ1) is 58.1. The first kappa shape index (κ1) is 77.4. The van der Waals surface area contributed by atoms with Crippen LogP contribution in [0.1, 0.15) is 115 Å². The second kappa shape index (κ2) is 34.2. The Morgan fingerprint density at radius 3 is 1.09 bits per heavy atom. The van der Waals surface area contributed by atoms with Crippen LogP contribution in [0.2, 0.25) is 0 Å². The number of benzene rings is 5. The number of nitrogens with one attached hydrogen (secondary N) is 5. The number of fused-ring (bicyclic) bond motifs is 5. The van der Waals surface area contributed by atoms with Crippen molar-refractivity contribution in [3.05, 3.63) is 280 Å². The number of hydrogen-bond acceptors (Lipinski definition) is 34. The number of aromatic nitrogens is 19. The highest BCUT2D eigenvalue weighted by Gasteiger charge is 2.27. The van der Waals surface area contributed by atoms with E-state index in [4.69, 9.17) is 13.5 Å². The lowest BCUT2D eigenvalue weighted by Gasteiger charge is -2.00. The Morgan fingerprint density at radius 1 is 0.336 bits per heavy atom. The summed E-state index contributed by atoms with van der Waals surface area (Å²) in [6, 6.07) is 43.0. The van der Waals surface area contributed by atoms with Gasteiger partial charge in [-0.3, -0.25) is 24.0 Å². The van der Waals surface area contributed by atoms with Crippen molar-refractivity contribution in [3.63, 3.8) is 0 Å². The second-order valence-corrected chi connectivity index (χ2v) is 29.0. The van der Waals surface area contributed by atoms with Crippen LogP contribution in [0.3, 0.4) is 0 Å². The van der Waals surface area contributed by atoms with Crippen molar-refractivity contribution >= 4 is 158 Å². The maximum Gasteiger partial charge on any atom is 0.397 e. The molecule has 0 saturated carbocycles. The van der Waals surface area contributed by atoms with E-state index in [0.29, 0.717) is 99.6 Å². The molecule has 586 valence electrons. The summed E-state index contributed by atoms with van der Waals surface area (Å²) in [7, 11) is 3.73. The Bertz CT molecular complexity index is 7010. The fourth-order valence-electron chi connectivity index (χ4n) is 11.8. The number of para-hydroxylation sites is 5. The molecule has 0 amide bonds. The van der Waals surface area contributed by atoms with Crippen LogP contribution in [0.5, 0.6) is 0 Å². The molecule has 15 aromatic heterocycles. The molecular formula is C80H51N19O15S5. The molecule has 15 heterocycles. The van der Waals surface area contributed by atoms with Crippen LogP contribution < -0.4 is 0 Å². The lowest BCUT2D eigenvalue weighted by Crippen LogP contribution is -2.04. The number of nitrogens with zero attached hydrogens (tertiary/aromatic N) is 14. The summed E-state index contributed by atoms with van der Waals surface area (Å²) in [6.07, 6.45) is 9.68. The molecule has 0 aliphatic heterocycles. The van der Waals surface area contributed by atoms with Gasteiger partial charge in [-0.1, -0.05) is 113 Å². The number of carbonyl (C=O) groups is 8. The second-order valence-electron chi connectivity index (χ2n) is 24.7. The zero-order valence-electron chi connectivity index (χ0n) is 61.6. The van der Waals surface area contributed by atoms with E-state index in [9.17, 15) is 38.4 Å². The van der Waals surface area contributed by atoms with Gasteiger partial charge in [-0.05, 0) is 42.5 Å². The molecule has 5 N–H and O–H groups in total. The number of methoxy groups -OCH3 is 3. The number of aromatic amines is 5. The highest BCUT2D eigenvalue weighted by atomic mass is 32.1. The van der Waals surface area contributed by atoms with E-state index in [1.165, 1.54) is 73.1 Å². The van der Waals surface area contributed by atoms with Gasteiger partial charge in [0, 0.05) is 119 Å². The van der Waals surface area contributed by atoms with Gasteiger partial charge in [0.25, 0.3) is 5.89 Å². The maximum absolute atomic E-state index is 12.8. The van der Waals surface area contributed by atoms with Crippen LogP contribution in [-0.4, -0.2) is 164 Å². The lowest BCUT2D eigenvalue weighted by molar-refractivity contribution is 0.0541. The average Bonchev–Trinajstić information content (AvgIpc) is 1.65. The minimum Gasteiger partial charge on any atom is -0.464 e. The molecule has 0 radical (unpaired) electrons. The Morgan fingerprint density at radius 2 is 0.697 bits per heavy atom. The molecule has 39 heteroatoms. The third kappa shape index (κ3) is 16.3. The number of ketones is 5. The Hall–Kier alpha value is -15.6. The third-order valence-corrected chi connectivity index (χ3v) is 21.6. The Labute approximate surface area is 685 Å². The van der Waals surface area contributed by atoms with Crippen molar-refractivity contribution in [1.82, 2.24) is 95.4 Å². The molecule has 119 heavy (non-hydrogen) atoms. The number of rotatable bonds is 18. The molecule has 0 aliphatic rings. The van der Waals surface area contributed by atoms with Gasteiger partial charge < -0.3 is 57.1 Å². The van der Waals surface area contributed by atoms with Crippen LogP contribution in [-0.2, 0) is 14.2 Å². The number of esters is 3. The number of pyridine rings is 1. The van der Waals surface area contributed by atoms with E-state index in [1.54, 1.807) is 83.0 Å². The fourth-order valence-corrected chi connectivity index (χ4v) is 15.5. The average molecular weight is 1680 g/mol. The Kier molecular flexibility index (Phi) is 22.3. The molecule has 0 unspecified atom stereocenters. The maximum atomic E-state index is 12.8. The van der Waals surface area contributed by atoms with Gasteiger partial charge in [0.15, 0.2) is 25.0 Å². The van der Waals surface area contributed by atoms with Crippen LogP contribution in [0.4, 0.5) is 0 Å². The predicted molar refractivity (Wildman–Crippen MR) is 434 cm³/mol. The Balaban J connectivity index is 0.000000111. The van der Waals surface area contributed by atoms with Gasteiger partial charge in [0.1, 0.15) is 34.2 Å². The quantitative estimate of drug-likeness (QED) is 0.0302. The van der Waals surface area contributed by atoms with Crippen molar-refractivity contribution in [2.75, 3.05) is 21.3 Å². The van der Waals surface area contributed by atoms with E-state index in [0.717, 1.165) is 65.9 Å². The molecule has 0 saturated heterocycles. The molecule has 0 bridgehead atoms. The van der Waals surface area contributed by atoms with Crippen LogP contribution in [0, 0.1) is 6.92 Å². The van der Waals surface area contributed by atoms with Gasteiger partial charge in [-0.25, -0.2) is 44.3 Å². The molecule has 20 aromatic rings. The number of thiazole rings is 5. The number of carbonyl (C=O) groups excluding carboxylic acids is 8. The molecule has 20 rings (SSSR count). The van der Waals surface area contributed by atoms with Crippen molar-refractivity contribution in [3.8, 4) is 57.5 Å². The normalized spacial score (nSPS) is 11.0. The summed E-state index contributed by atoms with van der Waals surface area (Å²) in [5, 5.41) is 33.1. The topological polar surface area (TPSA) is 476 Å². The van der Waals surface area contributed by atoms with Crippen molar-refractivity contribution in [2.45, 2.75) is 6.92 Å². The van der Waals surface area contributed by atoms with Crippen molar-refractivity contribution < 1.29 is 70.6 Å². The number of ether oxygens (including phenoxy) is 3. The molecule has 0 aliphatic carbocycles. The van der Waals surface area contributed by atoms with Crippen LogP contribution in [0.15, 0.2) is 222 Å². The van der Waals surface area contributed by atoms with E-state index in [-0.39, 0.29) is 63.1 Å². The zero-order valence-corrected chi connectivity index (χ0v) is 65.6. The summed E-state index contributed by atoms with van der Waals surface area (Å²) in [6.45, 7) is 1.71. The van der Waals surface area contributed by atoms with Gasteiger partial charge in [-0.2, -0.15) is 15.0 Å². The standard InChI is InChI=1S/C19H13N3O3S.2C16H10N4O4S.C15H10N4O2S.C14H8N4O2S/c1-25-19(24)15-8-4-7-14(21-15)16-10-26-18(22-16)17(23)12-9-20-13-6-3-2-5-11(12)13;1-23-16(22)14-20-19-13(24-14)11-7-25-15(18-11)12(21)9-6-17-10-5-3-2-4-8(9)10;1-23-16(22)14-19-13(20-24-14)11-7-25-15(18-11)12(21)9-6-17-10-5-3-2-4-8(9)10;1-8-17-14(19-21-8)12-7-22-15(18-12)13(20)10-6-16-11-5-3-2-4-9(10)11;19-12(9-5-15-10-4-2-1-3-8(9)10)14-17-11(6-21-14)13-16-7-20-18-13/h2-10,20H,1H3;2*2-7,17H,1H3;2-7,16H,1H3;1-7,15H. The summed E-state index contributed by atoms with van der Waals surface area (Å²) < 4.78 is 33.3. The monoisotopic (exact) mass is 1680 g/mol. The largest absolute Gasteiger partial charge is 0.464 e. The van der Waals surface area contributed by atoms with E-state index >= 15 is 0 Å². The summed E-state index contributed by atoms with van der Waals surface area (Å²) in [4.78, 5) is 151. The summed E-state index contributed by atoms with van der Waals surface area (Å²) in [5.41, 5.74) is 10.4. The van der Waals surface area contributed by atoms with Gasteiger partial charge >= 0.3 is 29.7 Å². The predicted octanol–water partition coefficient (Wildman–Crippen LogP) is 15.2. The van der Waals surface area contributed by atoms with Gasteiger partial charge in [-0.15, -0.1) is 66.9 Å². The SMILES string of the molecule is COC(=O)c1cccc(-c2csc(C(=O)c3c[nH]c4ccccc34)n2)n1.COC(=O)c1nc(-c2csc(C(=O)c3c[nH]c4ccccc34)n2)no1.COC(=O)c1nnc(-c2csc(C(=O)c3c[nH]c4ccccc34)n2)o1.Cc1nc(-c2csc(C(=O)c3c[nH]c4ccccc34)n2)no1.O=C(c1nc(-c2ncon2)cs1)c1c[nH]c2ccccc12. The van der Waals surface area contributed by atoms with Crippen LogP contribution in [0.25, 0.3) is 112 Å². The highest BCUT2D eigenvalue weighted by molar-refractivity contribution is 7.13. The van der Waals surface area contributed by atoms with Gasteiger partial charge in [0.2, 0.25) is 58.7 Å². The van der Waals surface area contributed by atoms with E-state index in [1.807, 2.05) is 121 Å². The number of hydrogen-bond donors (Lipinski definition) is 5. The molecule has 0 atom stereocenters. The molecule has 0 fully saturated rings. The smallest absolute Gasteiger partial charge is 0.397 e. The molecule has 0 spiro atoms. The molecule has 5 aromatic carbocycles. The van der Waals surface area contributed by atoms with Crippen molar-refractivity contribution in [1.29, 1.82) is 0 Å². The molecule has 34 nitrogen and oxygen atoms in total. The first-order valence-electron chi connectivity index (χ1n) is 34.9. The first-order valence-corrected chi connectivity index (χ1v) is 39.3. The minimum absolute atomic E-state index is 0.0506. The summed E-state index contributed by atoms with van der Waals surface area (Å²) in [5.74, 6) is -1.90. The third-order valence-electron chi connectivity index (χ3n) is 17.4. The van der Waals surface area contributed by atoms with E-state index < -0.39 is 17.9 Å². The molecular weight excluding hydrogens is 1630 g/mol. The fraction of sp³-hybridized carbons (Fsp3) is 0.0500. The van der Waals surface area contributed by atoms with E-state index in [2.05, 4.69) is 114 Å².